The number of ether oxygens (including phenoxy) is 1. The second kappa shape index (κ2) is 5.67. The Hall–Kier alpha value is -1.13. The maximum atomic E-state index is 5.78. The summed E-state index contributed by atoms with van der Waals surface area (Å²) in [5.74, 6) is 1.08. The molecule has 0 saturated carbocycles. The van der Waals surface area contributed by atoms with Gasteiger partial charge in [0.15, 0.2) is 0 Å². The Bertz CT molecular complexity index is 386. The first-order valence-electron chi connectivity index (χ1n) is 6.64. The lowest BCUT2D eigenvalue weighted by Gasteiger charge is -2.37. The quantitative estimate of drug-likeness (QED) is 0.889. The second-order valence-electron chi connectivity index (χ2n) is 5.09. The molecule has 3 atom stereocenters. The molecule has 1 N–H and O–H groups in total. The summed E-state index contributed by atoms with van der Waals surface area (Å²) < 4.78 is 5.78. The van der Waals surface area contributed by atoms with E-state index in [1.54, 1.807) is 0 Å². The van der Waals surface area contributed by atoms with E-state index in [0.29, 0.717) is 6.04 Å². The highest BCUT2D eigenvalue weighted by Gasteiger charge is 2.25. The van der Waals surface area contributed by atoms with E-state index in [1.807, 2.05) is 19.3 Å². The van der Waals surface area contributed by atoms with E-state index in [0.717, 1.165) is 18.9 Å². The van der Waals surface area contributed by atoms with E-state index in [1.165, 1.54) is 5.56 Å². The van der Waals surface area contributed by atoms with E-state index in [4.69, 9.17) is 4.74 Å². The lowest BCUT2D eigenvalue weighted by atomic mass is 10.1. The minimum atomic E-state index is 0.258. The third-order valence-corrected chi connectivity index (χ3v) is 3.44. The smallest absolute Gasteiger partial charge is 0.133 e. The molecular formula is C14H23N3O. The number of nitrogens with zero attached hydrogens (tertiary/aromatic N) is 2. The van der Waals surface area contributed by atoms with Crippen LogP contribution in [0.25, 0.3) is 0 Å². The van der Waals surface area contributed by atoms with Crippen LogP contribution in [0.5, 0.6) is 0 Å². The van der Waals surface area contributed by atoms with Crippen LogP contribution in [0.2, 0.25) is 0 Å². The van der Waals surface area contributed by atoms with Gasteiger partial charge in [-0.2, -0.15) is 0 Å². The number of anilines is 1. The van der Waals surface area contributed by atoms with Crippen LogP contribution in [0.3, 0.4) is 0 Å². The zero-order chi connectivity index (χ0) is 13.1. The van der Waals surface area contributed by atoms with Crippen molar-refractivity contribution < 1.29 is 4.74 Å². The number of rotatable bonds is 3. The number of hydrogen-bond donors (Lipinski definition) is 1. The fourth-order valence-corrected chi connectivity index (χ4v) is 2.52. The molecule has 2 heterocycles. The number of hydrogen-bond acceptors (Lipinski definition) is 4. The van der Waals surface area contributed by atoms with Crippen LogP contribution in [0, 0.1) is 0 Å². The van der Waals surface area contributed by atoms with Gasteiger partial charge in [0.1, 0.15) is 5.82 Å². The van der Waals surface area contributed by atoms with Crippen LogP contribution < -0.4 is 10.2 Å². The zero-order valence-corrected chi connectivity index (χ0v) is 11.7. The van der Waals surface area contributed by atoms with Crippen LogP contribution >= 0.6 is 0 Å². The lowest BCUT2D eigenvalue weighted by Crippen LogP contribution is -2.46. The van der Waals surface area contributed by atoms with E-state index in [-0.39, 0.29) is 12.2 Å². The van der Waals surface area contributed by atoms with Crippen LogP contribution in [0.1, 0.15) is 32.4 Å². The van der Waals surface area contributed by atoms with Crippen molar-refractivity contribution >= 4 is 5.82 Å². The first-order chi connectivity index (χ1) is 8.61. The fourth-order valence-electron chi connectivity index (χ4n) is 2.52. The van der Waals surface area contributed by atoms with Crippen LogP contribution in [0.15, 0.2) is 18.3 Å². The van der Waals surface area contributed by atoms with E-state index >= 15 is 0 Å². The zero-order valence-electron chi connectivity index (χ0n) is 11.7. The predicted molar refractivity (Wildman–Crippen MR) is 73.9 cm³/mol. The molecule has 18 heavy (non-hydrogen) atoms. The Kier molecular flexibility index (Phi) is 4.19. The topological polar surface area (TPSA) is 37.4 Å². The molecule has 1 aliphatic rings. The van der Waals surface area contributed by atoms with Crippen molar-refractivity contribution in [3.05, 3.63) is 23.9 Å². The maximum absolute atomic E-state index is 5.78. The summed E-state index contributed by atoms with van der Waals surface area (Å²) in [7, 11) is 1.98. The van der Waals surface area contributed by atoms with Gasteiger partial charge in [-0.15, -0.1) is 0 Å². The fraction of sp³-hybridized carbons (Fsp3) is 0.643. The third-order valence-electron chi connectivity index (χ3n) is 3.44. The summed E-state index contributed by atoms with van der Waals surface area (Å²) in [6.45, 7) is 8.21. The van der Waals surface area contributed by atoms with Gasteiger partial charge in [-0.05, 0) is 33.9 Å². The summed E-state index contributed by atoms with van der Waals surface area (Å²) in [4.78, 5) is 6.91. The van der Waals surface area contributed by atoms with Crippen molar-refractivity contribution in [3.8, 4) is 0 Å². The molecule has 1 aromatic rings. The van der Waals surface area contributed by atoms with Gasteiger partial charge in [-0.1, -0.05) is 6.07 Å². The van der Waals surface area contributed by atoms with Crippen molar-refractivity contribution in [2.75, 3.05) is 25.0 Å². The maximum Gasteiger partial charge on any atom is 0.133 e. The van der Waals surface area contributed by atoms with E-state index < -0.39 is 0 Å². The molecule has 0 spiro atoms. The Labute approximate surface area is 109 Å². The average molecular weight is 249 g/mol. The molecule has 0 amide bonds. The normalized spacial score (nSPS) is 26.1. The van der Waals surface area contributed by atoms with Gasteiger partial charge < -0.3 is 15.0 Å². The lowest BCUT2D eigenvalue weighted by molar-refractivity contribution is -0.00552. The molecule has 4 heteroatoms. The Balaban J connectivity index is 2.26. The van der Waals surface area contributed by atoms with E-state index in [9.17, 15) is 0 Å². The molecule has 0 bridgehead atoms. The van der Waals surface area contributed by atoms with Crippen LogP contribution in [-0.2, 0) is 4.74 Å². The number of pyridine rings is 1. The van der Waals surface area contributed by atoms with E-state index in [2.05, 4.69) is 42.0 Å². The molecule has 1 aromatic heterocycles. The monoisotopic (exact) mass is 249 g/mol. The Morgan fingerprint density at radius 3 is 2.67 bits per heavy atom. The molecule has 2 rings (SSSR count). The van der Waals surface area contributed by atoms with Gasteiger partial charge in [0.25, 0.3) is 0 Å². The minimum absolute atomic E-state index is 0.258. The highest BCUT2D eigenvalue weighted by atomic mass is 16.5. The highest BCUT2D eigenvalue weighted by Crippen LogP contribution is 2.26. The molecular weight excluding hydrogens is 226 g/mol. The van der Waals surface area contributed by atoms with Crippen molar-refractivity contribution in [3.63, 3.8) is 0 Å². The Morgan fingerprint density at radius 2 is 2.06 bits per heavy atom. The standard InChI is InChI=1S/C14H23N3O/c1-10-8-17(9-11(2)18-10)14-13(12(3)15-4)6-5-7-16-14/h5-7,10-12,15H,8-9H2,1-4H3/t10-,11+,12?. The highest BCUT2D eigenvalue weighted by molar-refractivity contribution is 5.48. The molecule has 100 valence electrons. The van der Waals surface area contributed by atoms with Crippen molar-refractivity contribution in [2.24, 2.45) is 0 Å². The van der Waals surface area contributed by atoms with Gasteiger partial charge in [0.2, 0.25) is 0 Å². The van der Waals surface area contributed by atoms with Crippen molar-refractivity contribution in [1.82, 2.24) is 10.3 Å². The van der Waals surface area contributed by atoms with Crippen molar-refractivity contribution in [1.29, 1.82) is 0 Å². The van der Waals surface area contributed by atoms with Gasteiger partial charge in [0.05, 0.1) is 12.2 Å². The molecule has 1 unspecified atom stereocenters. The number of aromatic nitrogens is 1. The third kappa shape index (κ3) is 2.82. The minimum Gasteiger partial charge on any atom is -0.372 e. The molecule has 0 aliphatic carbocycles. The largest absolute Gasteiger partial charge is 0.372 e. The van der Waals surface area contributed by atoms with Crippen LogP contribution in [0.4, 0.5) is 5.82 Å². The van der Waals surface area contributed by atoms with Gasteiger partial charge >= 0.3 is 0 Å². The summed E-state index contributed by atoms with van der Waals surface area (Å²) in [5, 5.41) is 3.29. The second-order valence-corrected chi connectivity index (χ2v) is 5.09. The molecule has 1 aliphatic heterocycles. The summed E-state index contributed by atoms with van der Waals surface area (Å²) in [6.07, 6.45) is 2.38. The first-order valence-corrected chi connectivity index (χ1v) is 6.64. The average Bonchev–Trinajstić information content (AvgIpc) is 2.36. The van der Waals surface area contributed by atoms with Gasteiger partial charge in [0, 0.05) is 30.9 Å². The number of nitrogens with one attached hydrogen (secondary N) is 1. The first kappa shape index (κ1) is 13.3. The molecule has 1 saturated heterocycles. The van der Waals surface area contributed by atoms with Crippen molar-refractivity contribution in [2.45, 2.75) is 39.0 Å². The molecule has 0 radical (unpaired) electrons. The SMILES string of the molecule is CNC(C)c1cccnc1N1C[C@@H](C)O[C@@H](C)C1. The molecule has 1 fully saturated rings. The van der Waals surface area contributed by atoms with Crippen LogP contribution in [-0.4, -0.2) is 37.3 Å². The number of morpholine rings is 1. The molecule has 0 aromatic carbocycles. The summed E-state index contributed by atoms with van der Waals surface area (Å²) in [5.41, 5.74) is 1.25. The van der Waals surface area contributed by atoms with Gasteiger partial charge in [-0.3, -0.25) is 0 Å². The summed E-state index contributed by atoms with van der Waals surface area (Å²) >= 11 is 0. The summed E-state index contributed by atoms with van der Waals surface area (Å²) in [6, 6.07) is 4.45. The Morgan fingerprint density at radius 1 is 1.39 bits per heavy atom. The predicted octanol–water partition coefficient (Wildman–Crippen LogP) is 1.98. The van der Waals surface area contributed by atoms with Gasteiger partial charge in [-0.25, -0.2) is 4.98 Å². The molecule has 4 nitrogen and oxygen atoms in total.